The first-order valence-corrected chi connectivity index (χ1v) is 7.30. The van der Waals surface area contributed by atoms with E-state index in [-0.39, 0.29) is 0 Å². The van der Waals surface area contributed by atoms with Gasteiger partial charge in [-0.15, -0.1) is 0 Å². The second kappa shape index (κ2) is 6.47. The minimum absolute atomic E-state index is 0.607. The van der Waals surface area contributed by atoms with E-state index in [1.165, 1.54) is 0 Å². The van der Waals surface area contributed by atoms with E-state index in [9.17, 15) is 0 Å². The van der Waals surface area contributed by atoms with Crippen LogP contribution in [0.5, 0.6) is 17.2 Å². The second-order valence-corrected chi connectivity index (χ2v) is 5.09. The van der Waals surface area contributed by atoms with Crippen LogP contribution < -0.4 is 24.8 Å². The number of benzene rings is 2. The van der Waals surface area contributed by atoms with Gasteiger partial charge in [0.25, 0.3) is 0 Å². The predicted octanol–water partition coefficient (Wildman–Crippen LogP) is 2.56. The van der Waals surface area contributed by atoms with Crippen molar-refractivity contribution in [2.75, 3.05) is 44.0 Å². The van der Waals surface area contributed by atoms with E-state index in [1.807, 2.05) is 42.5 Å². The zero-order chi connectivity index (χ0) is 15.4. The number of rotatable bonds is 5. The average Bonchev–Trinajstić information content (AvgIpc) is 2.55. The van der Waals surface area contributed by atoms with Gasteiger partial charge in [-0.25, -0.2) is 0 Å². The molecule has 22 heavy (non-hydrogen) atoms. The molecule has 3 rings (SSSR count). The molecule has 0 unspecified atom stereocenters. The third-order valence-corrected chi connectivity index (χ3v) is 3.63. The highest BCUT2D eigenvalue weighted by molar-refractivity contribution is 5.65. The Bertz CT molecular complexity index is 628. The van der Waals surface area contributed by atoms with Crippen molar-refractivity contribution in [3.63, 3.8) is 0 Å². The summed E-state index contributed by atoms with van der Waals surface area (Å²) in [7, 11) is 1.65. The lowest BCUT2D eigenvalue weighted by Crippen LogP contribution is -2.35. The second-order valence-electron chi connectivity index (χ2n) is 5.09. The number of hydrogen-bond acceptors (Lipinski definition) is 5. The van der Waals surface area contributed by atoms with Crippen molar-refractivity contribution < 1.29 is 14.2 Å². The molecule has 1 aliphatic rings. The number of ether oxygens (including phenoxy) is 3. The van der Waals surface area contributed by atoms with Gasteiger partial charge in [0.1, 0.15) is 30.5 Å². The van der Waals surface area contributed by atoms with Gasteiger partial charge in [-0.1, -0.05) is 0 Å². The maximum Gasteiger partial charge on any atom is 0.144 e. The van der Waals surface area contributed by atoms with Gasteiger partial charge in [0, 0.05) is 11.8 Å². The molecule has 2 N–H and O–H groups in total. The molecule has 1 aliphatic heterocycles. The van der Waals surface area contributed by atoms with Gasteiger partial charge < -0.3 is 24.8 Å². The Hall–Kier alpha value is -2.56. The van der Waals surface area contributed by atoms with Crippen molar-refractivity contribution >= 4 is 11.4 Å². The number of nitrogens with two attached hydrogens (primary N) is 1. The molecule has 0 atom stereocenters. The van der Waals surface area contributed by atoms with E-state index < -0.39 is 0 Å². The first kappa shape index (κ1) is 14.4. The lowest BCUT2D eigenvalue weighted by atomic mass is 10.2. The Balaban J connectivity index is 1.58. The molecule has 116 valence electrons. The lowest BCUT2D eigenvalue weighted by molar-refractivity contribution is 0.288. The van der Waals surface area contributed by atoms with Crippen LogP contribution >= 0.6 is 0 Å². The molecule has 1 heterocycles. The largest absolute Gasteiger partial charge is 0.497 e. The molecule has 0 spiro atoms. The highest BCUT2D eigenvalue weighted by Crippen LogP contribution is 2.33. The minimum atomic E-state index is 0.607. The molecule has 0 fully saturated rings. The molecule has 2 aromatic carbocycles. The summed E-state index contributed by atoms with van der Waals surface area (Å²) in [5.74, 6) is 2.51. The molecule has 5 nitrogen and oxygen atoms in total. The van der Waals surface area contributed by atoms with E-state index in [0.29, 0.717) is 13.2 Å². The number of hydrogen-bond donors (Lipinski definition) is 1. The molecule has 0 aromatic heterocycles. The van der Waals surface area contributed by atoms with Crippen LogP contribution in [0.2, 0.25) is 0 Å². The zero-order valence-electron chi connectivity index (χ0n) is 12.6. The smallest absolute Gasteiger partial charge is 0.144 e. The predicted molar refractivity (Wildman–Crippen MR) is 87.1 cm³/mol. The fourth-order valence-corrected chi connectivity index (χ4v) is 2.47. The van der Waals surface area contributed by atoms with Gasteiger partial charge in [-0.05, 0) is 36.4 Å². The van der Waals surface area contributed by atoms with Crippen LogP contribution in [-0.2, 0) is 0 Å². The minimum Gasteiger partial charge on any atom is -0.497 e. The van der Waals surface area contributed by atoms with Gasteiger partial charge in [0.2, 0.25) is 0 Å². The van der Waals surface area contributed by atoms with Crippen LogP contribution in [0.1, 0.15) is 0 Å². The van der Waals surface area contributed by atoms with E-state index in [2.05, 4.69) is 4.90 Å². The maximum absolute atomic E-state index is 5.79. The van der Waals surface area contributed by atoms with Gasteiger partial charge in [0.15, 0.2) is 0 Å². The number of methoxy groups -OCH3 is 1. The summed E-state index contributed by atoms with van der Waals surface area (Å²) in [6.07, 6.45) is 0. The van der Waals surface area contributed by atoms with Crippen molar-refractivity contribution in [1.82, 2.24) is 0 Å². The van der Waals surface area contributed by atoms with Crippen LogP contribution in [0, 0.1) is 0 Å². The Morgan fingerprint density at radius 1 is 1.14 bits per heavy atom. The SMILES string of the molecule is COc1ccc(OCCN2CCOc3cc(N)ccc32)cc1. The summed E-state index contributed by atoms with van der Waals surface area (Å²) >= 11 is 0. The number of nitrogen functional groups attached to an aromatic ring is 1. The first-order valence-electron chi connectivity index (χ1n) is 7.30. The molecule has 2 aromatic rings. The third kappa shape index (κ3) is 3.19. The zero-order valence-corrected chi connectivity index (χ0v) is 12.6. The Labute approximate surface area is 130 Å². The van der Waals surface area contributed by atoms with Gasteiger partial charge in [0.05, 0.1) is 25.9 Å². The van der Waals surface area contributed by atoms with Crippen molar-refractivity contribution in [3.05, 3.63) is 42.5 Å². The Morgan fingerprint density at radius 2 is 1.91 bits per heavy atom. The fraction of sp³-hybridized carbons (Fsp3) is 0.294. The van der Waals surface area contributed by atoms with E-state index in [1.54, 1.807) is 7.11 Å². The summed E-state index contributed by atoms with van der Waals surface area (Å²) in [6, 6.07) is 13.4. The van der Waals surface area contributed by atoms with Crippen molar-refractivity contribution in [1.29, 1.82) is 0 Å². The van der Waals surface area contributed by atoms with Crippen molar-refractivity contribution in [2.24, 2.45) is 0 Å². The number of nitrogens with zero attached hydrogens (tertiary/aromatic N) is 1. The fourth-order valence-electron chi connectivity index (χ4n) is 2.47. The highest BCUT2D eigenvalue weighted by Gasteiger charge is 2.17. The maximum atomic E-state index is 5.79. The highest BCUT2D eigenvalue weighted by atomic mass is 16.5. The van der Waals surface area contributed by atoms with Gasteiger partial charge >= 0.3 is 0 Å². The normalized spacial score (nSPS) is 13.2. The average molecular weight is 300 g/mol. The van der Waals surface area contributed by atoms with E-state index in [4.69, 9.17) is 19.9 Å². The van der Waals surface area contributed by atoms with E-state index >= 15 is 0 Å². The van der Waals surface area contributed by atoms with Crippen molar-refractivity contribution in [2.45, 2.75) is 0 Å². The van der Waals surface area contributed by atoms with Gasteiger partial charge in [-0.2, -0.15) is 0 Å². The molecule has 0 saturated carbocycles. The Kier molecular flexibility index (Phi) is 4.23. The third-order valence-electron chi connectivity index (χ3n) is 3.63. The summed E-state index contributed by atoms with van der Waals surface area (Å²) in [5, 5.41) is 0. The topological polar surface area (TPSA) is 57.0 Å². The molecule has 0 radical (unpaired) electrons. The van der Waals surface area contributed by atoms with E-state index in [0.717, 1.165) is 41.7 Å². The molecular formula is C17H20N2O3. The molecule has 0 saturated heterocycles. The van der Waals surface area contributed by atoms with Crippen LogP contribution in [0.25, 0.3) is 0 Å². The first-order chi connectivity index (χ1) is 10.8. The molecule has 0 aliphatic carbocycles. The quantitative estimate of drug-likeness (QED) is 0.860. The van der Waals surface area contributed by atoms with Crippen LogP contribution in [0.4, 0.5) is 11.4 Å². The van der Waals surface area contributed by atoms with Crippen LogP contribution in [0.3, 0.4) is 0 Å². The summed E-state index contributed by atoms with van der Waals surface area (Å²) < 4.78 is 16.6. The monoisotopic (exact) mass is 300 g/mol. The van der Waals surface area contributed by atoms with Crippen molar-refractivity contribution in [3.8, 4) is 17.2 Å². The number of fused-ring (bicyclic) bond motifs is 1. The molecule has 0 amide bonds. The summed E-state index contributed by atoms with van der Waals surface area (Å²) in [5.41, 5.74) is 7.58. The van der Waals surface area contributed by atoms with Gasteiger partial charge in [-0.3, -0.25) is 0 Å². The Morgan fingerprint density at radius 3 is 2.68 bits per heavy atom. The standard InChI is InChI=1S/C17H20N2O3/c1-20-14-3-5-15(6-4-14)21-10-8-19-9-11-22-17-12-13(18)2-7-16(17)19/h2-7,12H,8-11,18H2,1H3. The summed E-state index contributed by atoms with van der Waals surface area (Å²) in [6.45, 7) is 2.92. The molecule has 0 bridgehead atoms. The lowest BCUT2D eigenvalue weighted by Gasteiger charge is -2.31. The van der Waals surface area contributed by atoms with Crippen LogP contribution in [-0.4, -0.2) is 33.4 Å². The van der Waals surface area contributed by atoms with Crippen LogP contribution in [0.15, 0.2) is 42.5 Å². The summed E-state index contributed by atoms with van der Waals surface area (Å²) in [4.78, 5) is 2.25. The number of anilines is 2. The molecule has 5 heteroatoms. The molecular weight excluding hydrogens is 280 g/mol.